The number of ether oxygens (including phenoxy) is 1. The maximum Gasteiger partial charge on any atom is 0.573 e. The van der Waals surface area contributed by atoms with Crippen molar-refractivity contribution < 1.29 is 17.9 Å². The molecule has 0 aliphatic heterocycles. The molecule has 0 aromatic heterocycles. The predicted octanol–water partition coefficient (Wildman–Crippen LogP) is 3.57. The largest absolute Gasteiger partial charge is 0.573 e. The fourth-order valence-electron chi connectivity index (χ4n) is 0.881. The number of hydrogen-bond acceptors (Lipinski definition) is 3. The van der Waals surface area contributed by atoms with Crippen LogP contribution >= 0.6 is 27.9 Å². The summed E-state index contributed by atoms with van der Waals surface area (Å²) in [4.78, 5) is 0.373. The zero-order valence-corrected chi connectivity index (χ0v) is 9.96. The van der Waals surface area contributed by atoms with E-state index in [4.69, 9.17) is 0 Å². The van der Waals surface area contributed by atoms with Crippen molar-refractivity contribution in [3.05, 3.63) is 22.7 Å². The van der Waals surface area contributed by atoms with Crippen molar-refractivity contribution in [1.82, 2.24) is 4.72 Å². The van der Waals surface area contributed by atoms with Crippen LogP contribution in [0.5, 0.6) is 5.75 Å². The molecule has 0 fully saturated rings. The number of halogens is 4. The van der Waals surface area contributed by atoms with Gasteiger partial charge in [0.1, 0.15) is 5.75 Å². The lowest BCUT2D eigenvalue weighted by Crippen LogP contribution is -2.17. The van der Waals surface area contributed by atoms with E-state index in [0.29, 0.717) is 9.37 Å². The van der Waals surface area contributed by atoms with Crippen LogP contribution in [0.4, 0.5) is 13.2 Å². The molecular formula is C8H7BrF3NOS. The molecule has 0 aliphatic carbocycles. The summed E-state index contributed by atoms with van der Waals surface area (Å²) in [7, 11) is 1.62. The van der Waals surface area contributed by atoms with Crippen LogP contribution in [-0.2, 0) is 0 Å². The Kier molecular flexibility index (Phi) is 4.30. The Labute approximate surface area is 97.4 Å². The van der Waals surface area contributed by atoms with Crippen molar-refractivity contribution in [3.63, 3.8) is 0 Å². The first kappa shape index (κ1) is 12.7. The molecule has 0 aliphatic rings. The van der Waals surface area contributed by atoms with E-state index >= 15 is 0 Å². The summed E-state index contributed by atoms with van der Waals surface area (Å²) in [6.45, 7) is 0. The maximum absolute atomic E-state index is 12.0. The van der Waals surface area contributed by atoms with Crippen molar-refractivity contribution in [2.45, 2.75) is 11.3 Å². The monoisotopic (exact) mass is 301 g/mol. The van der Waals surface area contributed by atoms with E-state index in [1.165, 1.54) is 12.1 Å². The molecule has 84 valence electrons. The molecule has 0 radical (unpaired) electrons. The molecule has 0 atom stereocenters. The van der Waals surface area contributed by atoms with Crippen molar-refractivity contribution in [3.8, 4) is 5.75 Å². The zero-order chi connectivity index (χ0) is 11.5. The molecule has 7 heteroatoms. The molecule has 1 aromatic carbocycles. The molecule has 0 spiro atoms. The highest BCUT2D eigenvalue weighted by Gasteiger charge is 2.32. The van der Waals surface area contributed by atoms with Crippen LogP contribution in [0.2, 0.25) is 0 Å². The third-order valence-corrected chi connectivity index (χ3v) is 2.60. The van der Waals surface area contributed by atoms with Crippen LogP contribution < -0.4 is 9.46 Å². The van der Waals surface area contributed by atoms with Gasteiger partial charge >= 0.3 is 6.36 Å². The van der Waals surface area contributed by atoms with Crippen LogP contribution in [0.3, 0.4) is 0 Å². The van der Waals surface area contributed by atoms with Gasteiger partial charge < -0.3 is 4.74 Å². The van der Waals surface area contributed by atoms with Gasteiger partial charge in [-0.25, -0.2) is 0 Å². The molecule has 15 heavy (non-hydrogen) atoms. The fourth-order valence-corrected chi connectivity index (χ4v) is 1.78. The van der Waals surface area contributed by atoms with Crippen LogP contribution in [0, 0.1) is 0 Å². The quantitative estimate of drug-likeness (QED) is 0.862. The Morgan fingerprint density at radius 3 is 2.60 bits per heavy atom. The topological polar surface area (TPSA) is 21.3 Å². The third-order valence-electron chi connectivity index (χ3n) is 1.34. The van der Waals surface area contributed by atoms with Crippen LogP contribution in [0.1, 0.15) is 0 Å². The second kappa shape index (κ2) is 5.09. The maximum atomic E-state index is 12.0. The number of hydrogen-bond donors (Lipinski definition) is 1. The normalized spacial score (nSPS) is 11.5. The second-order valence-corrected chi connectivity index (χ2v) is 4.41. The Balaban J connectivity index is 2.96. The standard InChI is InChI=1S/C8H7BrF3NOS/c1-13-15-7-3-2-5(9)4-6(7)14-8(10,11)12/h2-4,13H,1H3. The highest BCUT2D eigenvalue weighted by atomic mass is 79.9. The highest BCUT2D eigenvalue weighted by molar-refractivity contribution is 9.10. The molecule has 0 bridgehead atoms. The molecule has 1 N–H and O–H groups in total. The van der Waals surface area contributed by atoms with Crippen molar-refractivity contribution in [2.75, 3.05) is 7.05 Å². The van der Waals surface area contributed by atoms with Gasteiger partial charge in [-0.1, -0.05) is 15.9 Å². The average Bonchev–Trinajstić information content (AvgIpc) is 2.07. The van der Waals surface area contributed by atoms with Gasteiger partial charge in [-0.05, 0) is 37.2 Å². The number of alkyl halides is 3. The summed E-state index contributed by atoms with van der Waals surface area (Å²) in [6.07, 6.45) is -4.68. The summed E-state index contributed by atoms with van der Waals surface area (Å²) in [5.41, 5.74) is 0. The molecule has 1 rings (SSSR count). The lowest BCUT2D eigenvalue weighted by molar-refractivity contribution is -0.275. The van der Waals surface area contributed by atoms with Gasteiger partial charge in [0, 0.05) is 4.47 Å². The van der Waals surface area contributed by atoms with Gasteiger partial charge in [-0.2, -0.15) is 0 Å². The smallest absolute Gasteiger partial charge is 0.405 e. The summed E-state index contributed by atoms with van der Waals surface area (Å²) in [5.74, 6) is -0.226. The Hall–Kier alpha value is -0.400. The molecule has 0 amide bonds. The Morgan fingerprint density at radius 1 is 1.40 bits per heavy atom. The van der Waals surface area contributed by atoms with Gasteiger partial charge in [-0.15, -0.1) is 13.2 Å². The minimum absolute atomic E-state index is 0.226. The molecule has 0 saturated carbocycles. The summed E-state index contributed by atoms with van der Waals surface area (Å²) in [5, 5.41) is 0. The SMILES string of the molecule is CNSc1ccc(Br)cc1OC(F)(F)F. The lowest BCUT2D eigenvalue weighted by atomic mass is 10.3. The second-order valence-electron chi connectivity index (χ2n) is 2.45. The van der Waals surface area contributed by atoms with E-state index in [1.54, 1.807) is 13.1 Å². The Bertz CT molecular complexity index is 345. The van der Waals surface area contributed by atoms with E-state index in [2.05, 4.69) is 25.4 Å². The van der Waals surface area contributed by atoms with E-state index in [9.17, 15) is 13.2 Å². The van der Waals surface area contributed by atoms with Gasteiger partial charge in [0.05, 0.1) is 4.90 Å². The van der Waals surface area contributed by atoms with E-state index in [0.717, 1.165) is 11.9 Å². The van der Waals surface area contributed by atoms with Crippen molar-refractivity contribution in [1.29, 1.82) is 0 Å². The zero-order valence-electron chi connectivity index (χ0n) is 7.56. The Morgan fingerprint density at radius 2 is 2.07 bits per heavy atom. The molecular weight excluding hydrogens is 295 g/mol. The van der Waals surface area contributed by atoms with Gasteiger partial charge in [0.25, 0.3) is 0 Å². The minimum atomic E-state index is -4.68. The van der Waals surface area contributed by atoms with E-state index < -0.39 is 6.36 Å². The molecule has 0 unspecified atom stereocenters. The number of rotatable bonds is 3. The molecule has 0 heterocycles. The first-order valence-corrected chi connectivity index (χ1v) is 5.42. The molecule has 0 saturated heterocycles. The first-order chi connectivity index (χ1) is 6.92. The van der Waals surface area contributed by atoms with Crippen LogP contribution in [-0.4, -0.2) is 13.4 Å². The first-order valence-electron chi connectivity index (χ1n) is 3.81. The third kappa shape index (κ3) is 4.31. The van der Waals surface area contributed by atoms with E-state index in [-0.39, 0.29) is 5.75 Å². The average molecular weight is 302 g/mol. The lowest BCUT2D eigenvalue weighted by Gasteiger charge is -2.12. The predicted molar refractivity (Wildman–Crippen MR) is 55.7 cm³/mol. The highest BCUT2D eigenvalue weighted by Crippen LogP contribution is 2.34. The van der Waals surface area contributed by atoms with Crippen molar-refractivity contribution in [2.24, 2.45) is 0 Å². The minimum Gasteiger partial charge on any atom is -0.405 e. The van der Waals surface area contributed by atoms with Crippen LogP contribution in [0.15, 0.2) is 27.6 Å². The van der Waals surface area contributed by atoms with Gasteiger partial charge in [-0.3, -0.25) is 4.72 Å². The summed E-state index contributed by atoms with van der Waals surface area (Å²) >= 11 is 4.13. The molecule has 2 nitrogen and oxygen atoms in total. The summed E-state index contributed by atoms with van der Waals surface area (Å²) in [6, 6.07) is 4.45. The van der Waals surface area contributed by atoms with Gasteiger partial charge in [0.2, 0.25) is 0 Å². The summed E-state index contributed by atoms with van der Waals surface area (Å²) < 4.78 is 43.2. The van der Waals surface area contributed by atoms with E-state index in [1.807, 2.05) is 0 Å². The fraction of sp³-hybridized carbons (Fsp3) is 0.250. The van der Waals surface area contributed by atoms with Crippen molar-refractivity contribution >= 4 is 27.9 Å². The van der Waals surface area contributed by atoms with Crippen LogP contribution in [0.25, 0.3) is 0 Å². The van der Waals surface area contributed by atoms with Gasteiger partial charge in [0.15, 0.2) is 0 Å². The number of nitrogens with one attached hydrogen (secondary N) is 1. The molecule has 1 aromatic rings. The number of benzene rings is 1.